The first-order chi connectivity index (χ1) is 12.1. The molecule has 3 rings (SSSR count). The highest BCUT2D eigenvalue weighted by molar-refractivity contribution is 5.79. The lowest BCUT2D eigenvalue weighted by atomic mass is 9.91. The van der Waals surface area contributed by atoms with Gasteiger partial charge in [0, 0.05) is 33.9 Å². The Morgan fingerprint density at radius 3 is 2.96 bits per heavy atom. The Labute approximate surface area is 148 Å². The number of aromatic nitrogens is 3. The lowest BCUT2D eigenvalue weighted by molar-refractivity contribution is -0.135. The van der Waals surface area contributed by atoms with Crippen molar-refractivity contribution in [2.75, 3.05) is 25.6 Å². The van der Waals surface area contributed by atoms with E-state index in [2.05, 4.69) is 15.4 Å². The van der Waals surface area contributed by atoms with Gasteiger partial charge in [0.25, 0.3) is 0 Å². The first-order valence-electron chi connectivity index (χ1n) is 8.56. The van der Waals surface area contributed by atoms with Gasteiger partial charge in [-0.2, -0.15) is 5.10 Å². The van der Waals surface area contributed by atoms with Crippen molar-refractivity contribution < 1.29 is 9.53 Å². The van der Waals surface area contributed by atoms with Crippen molar-refractivity contribution in [1.82, 2.24) is 20.1 Å². The lowest BCUT2D eigenvalue weighted by Crippen LogP contribution is -2.38. The fourth-order valence-corrected chi connectivity index (χ4v) is 3.13. The van der Waals surface area contributed by atoms with Crippen LogP contribution >= 0.6 is 0 Å². The smallest absolute Gasteiger partial charge is 0.226 e. The van der Waals surface area contributed by atoms with Gasteiger partial charge in [-0.25, -0.2) is 4.98 Å². The van der Waals surface area contributed by atoms with E-state index in [9.17, 15) is 4.79 Å². The van der Waals surface area contributed by atoms with Crippen LogP contribution in [0.15, 0.2) is 30.5 Å². The maximum atomic E-state index is 12.7. The number of pyridine rings is 1. The fraction of sp³-hybridized carbons (Fsp3) is 0.500. The molecular weight excluding hydrogens is 318 g/mol. The molecule has 0 saturated carbocycles. The highest BCUT2D eigenvalue weighted by atomic mass is 16.5. The number of rotatable bonds is 5. The zero-order chi connectivity index (χ0) is 17.8. The predicted octanol–water partition coefficient (Wildman–Crippen LogP) is 1.67. The van der Waals surface area contributed by atoms with E-state index in [4.69, 9.17) is 4.74 Å². The molecule has 3 heterocycles. The number of nitrogens with one attached hydrogen (secondary N) is 1. The van der Waals surface area contributed by atoms with Crippen LogP contribution < -0.4 is 10.2 Å². The SMILES string of the molecule is CN(C)c1cccc(CNC(=O)[C@@H]2CCCO[C@H]2c2ccnn2C)n1. The van der Waals surface area contributed by atoms with Crippen LogP contribution in [0.5, 0.6) is 0 Å². The molecule has 1 aliphatic heterocycles. The molecule has 0 unspecified atom stereocenters. The highest BCUT2D eigenvalue weighted by Gasteiger charge is 2.34. The molecular formula is C18H25N5O2. The van der Waals surface area contributed by atoms with E-state index < -0.39 is 0 Å². The highest BCUT2D eigenvalue weighted by Crippen LogP contribution is 2.33. The predicted molar refractivity (Wildman–Crippen MR) is 95.0 cm³/mol. The molecule has 0 spiro atoms. The number of nitrogens with zero attached hydrogens (tertiary/aromatic N) is 4. The topological polar surface area (TPSA) is 72.3 Å². The first kappa shape index (κ1) is 17.4. The van der Waals surface area contributed by atoms with E-state index >= 15 is 0 Å². The van der Waals surface area contributed by atoms with E-state index in [1.807, 2.05) is 50.3 Å². The molecule has 2 aromatic rings. The molecule has 1 amide bonds. The van der Waals surface area contributed by atoms with Gasteiger partial charge in [0.15, 0.2) is 0 Å². The minimum Gasteiger partial charge on any atom is -0.371 e. The summed E-state index contributed by atoms with van der Waals surface area (Å²) < 4.78 is 7.67. The molecule has 1 fully saturated rings. The van der Waals surface area contributed by atoms with E-state index in [0.29, 0.717) is 13.2 Å². The second-order valence-corrected chi connectivity index (χ2v) is 6.52. The summed E-state index contributed by atoms with van der Waals surface area (Å²) >= 11 is 0. The Balaban J connectivity index is 1.67. The summed E-state index contributed by atoms with van der Waals surface area (Å²) in [6.45, 7) is 1.08. The third kappa shape index (κ3) is 3.99. The van der Waals surface area contributed by atoms with Crippen molar-refractivity contribution in [2.45, 2.75) is 25.5 Å². The molecule has 1 saturated heterocycles. The Bertz CT molecular complexity index is 728. The summed E-state index contributed by atoms with van der Waals surface area (Å²) in [6, 6.07) is 7.73. The van der Waals surface area contributed by atoms with Crippen LogP contribution in [0.2, 0.25) is 0 Å². The van der Waals surface area contributed by atoms with Gasteiger partial charge >= 0.3 is 0 Å². The first-order valence-corrected chi connectivity index (χ1v) is 8.56. The molecule has 0 radical (unpaired) electrons. The van der Waals surface area contributed by atoms with Crippen molar-refractivity contribution in [1.29, 1.82) is 0 Å². The zero-order valence-corrected chi connectivity index (χ0v) is 15.0. The third-order valence-electron chi connectivity index (χ3n) is 4.50. The van der Waals surface area contributed by atoms with E-state index in [1.54, 1.807) is 10.9 Å². The fourth-order valence-electron chi connectivity index (χ4n) is 3.13. The molecule has 1 aliphatic rings. The molecule has 7 heteroatoms. The van der Waals surface area contributed by atoms with Gasteiger partial charge < -0.3 is 15.0 Å². The number of carbonyl (C=O) groups is 1. The van der Waals surface area contributed by atoms with Gasteiger partial charge in [-0.05, 0) is 31.0 Å². The average molecular weight is 343 g/mol. The van der Waals surface area contributed by atoms with Gasteiger partial charge in [-0.1, -0.05) is 6.07 Å². The summed E-state index contributed by atoms with van der Waals surface area (Å²) in [5.74, 6) is 0.671. The summed E-state index contributed by atoms with van der Waals surface area (Å²) in [5, 5.41) is 7.21. The quantitative estimate of drug-likeness (QED) is 0.894. The van der Waals surface area contributed by atoms with Gasteiger partial charge in [0.2, 0.25) is 5.91 Å². The normalized spacial score (nSPS) is 20.3. The molecule has 2 aromatic heterocycles. The second kappa shape index (κ2) is 7.65. The van der Waals surface area contributed by atoms with Crippen LogP contribution in [0, 0.1) is 5.92 Å². The molecule has 2 atom stereocenters. The molecule has 0 bridgehead atoms. The zero-order valence-electron chi connectivity index (χ0n) is 15.0. The van der Waals surface area contributed by atoms with Gasteiger partial charge in [0.1, 0.15) is 11.9 Å². The second-order valence-electron chi connectivity index (χ2n) is 6.52. The van der Waals surface area contributed by atoms with Crippen molar-refractivity contribution >= 4 is 11.7 Å². The summed E-state index contributed by atoms with van der Waals surface area (Å²) in [5.41, 5.74) is 1.78. The third-order valence-corrected chi connectivity index (χ3v) is 4.50. The molecule has 0 aliphatic carbocycles. The van der Waals surface area contributed by atoms with Crippen molar-refractivity contribution in [3.8, 4) is 0 Å². The molecule has 25 heavy (non-hydrogen) atoms. The van der Waals surface area contributed by atoms with Crippen LogP contribution in [0.4, 0.5) is 5.82 Å². The van der Waals surface area contributed by atoms with Gasteiger partial charge in [-0.15, -0.1) is 0 Å². The number of ether oxygens (including phenoxy) is 1. The number of aryl methyl sites for hydroxylation is 1. The van der Waals surface area contributed by atoms with Gasteiger partial charge in [-0.3, -0.25) is 9.48 Å². The molecule has 1 N–H and O–H groups in total. The van der Waals surface area contributed by atoms with Crippen molar-refractivity contribution in [2.24, 2.45) is 13.0 Å². The Morgan fingerprint density at radius 1 is 1.40 bits per heavy atom. The maximum Gasteiger partial charge on any atom is 0.226 e. The number of hydrogen-bond donors (Lipinski definition) is 1. The molecule has 0 aromatic carbocycles. The molecule has 7 nitrogen and oxygen atoms in total. The number of hydrogen-bond acceptors (Lipinski definition) is 5. The minimum absolute atomic E-state index is 0.00274. The van der Waals surface area contributed by atoms with Crippen LogP contribution in [-0.2, 0) is 23.1 Å². The summed E-state index contributed by atoms with van der Waals surface area (Å²) in [4.78, 5) is 19.2. The maximum absolute atomic E-state index is 12.7. The monoisotopic (exact) mass is 343 g/mol. The van der Waals surface area contributed by atoms with Crippen molar-refractivity contribution in [3.63, 3.8) is 0 Å². The van der Waals surface area contributed by atoms with Crippen molar-refractivity contribution in [3.05, 3.63) is 41.9 Å². The van der Waals surface area contributed by atoms with Crippen LogP contribution in [-0.4, -0.2) is 41.4 Å². The standard InChI is InChI=1S/C18H25N5O2/c1-22(2)16-8-4-6-13(21-16)12-19-18(24)14-7-5-11-25-17(14)15-9-10-20-23(15)3/h4,6,8-10,14,17H,5,7,11-12H2,1-3H3,(H,19,24)/t14-,17-/m1/s1. The van der Waals surface area contributed by atoms with Crippen LogP contribution in [0.1, 0.15) is 30.3 Å². The van der Waals surface area contributed by atoms with E-state index in [-0.39, 0.29) is 17.9 Å². The average Bonchev–Trinajstić information content (AvgIpc) is 3.05. The van der Waals surface area contributed by atoms with E-state index in [0.717, 1.165) is 30.0 Å². The summed E-state index contributed by atoms with van der Waals surface area (Å²) in [6.07, 6.45) is 3.19. The van der Waals surface area contributed by atoms with E-state index in [1.165, 1.54) is 0 Å². The van der Waals surface area contributed by atoms with Crippen LogP contribution in [0.3, 0.4) is 0 Å². The van der Waals surface area contributed by atoms with Crippen LogP contribution in [0.25, 0.3) is 0 Å². The Kier molecular flexibility index (Phi) is 5.33. The summed E-state index contributed by atoms with van der Waals surface area (Å²) in [7, 11) is 5.77. The largest absolute Gasteiger partial charge is 0.371 e. The Morgan fingerprint density at radius 2 is 2.24 bits per heavy atom. The number of anilines is 1. The van der Waals surface area contributed by atoms with Gasteiger partial charge in [0.05, 0.1) is 23.9 Å². The minimum atomic E-state index is -0.248. The number of carbonyl (C=O) groups excluding carboxylic acids is 1. The lowest BCUT2D eigenvalue weighted by Gasteiger charge is -2.30. The molecule has 134 valence electrons. The Hall–Kier alpha value is -2.41. The number of amides is 1.